The minimum absolute atomic E-state index is 0.00491. The van der Waals surface area contributed by atoms with Crippen molar-refractivity contribution in [3.05, 3.63) is 83.6 Å². The molecule has 4 rings (SSSR count). The average molecular weight is 534 g/mol. The summed E-state index contributed by atoms with van der Waals surface area (Å²) in [6.45, 7) is 0.960. The monoisotopic (exact) mass is 533 g/mol. The Morgan fingerprint density at radius 1 is 1.05 bits per heavy atom. The molecule has 1 aliphatic rings. The van der Waals surface area contributed by atoms with E-state index in [9.17, 15) is 26.8 Å². The third-order valence-electron chi connectivity index (χ3n) is 5.43. The van der Waals surface area contributed by atoms with Gasteiger partial charge in [0.1, 0.15) is 11.6 Å². The van der Waals surface area contributed by atoms with E-state index in [1.807, 2.05) is 0 Å². The van der Waals surface area contributed by atoms with Gasteiger partial charge in [0.15, 0.2) is 11.6 Å². The summed E-state index contributed by atoms with van der Waals surface area (Å²) >= 11 is 0. The lowest BCUT2D eigenvalue weighted by Gasteiger charge is -2.26. The van der Waals surface area contributed by atoms with E-state index >= 15 is 0 Å². The molecule has 1 amide bonds. The zero-order valence-electron chi connectivity index (χ0n) is 19.1. The molecule has 1 aliphatic heterocycles. The first-order chi connectivity index (χ1) is 17.6. The van der Waals surface area contributed by atoms with Crippen LogP contribution in [0.3, 0.4) is 0 Å². The summed E-state index contributed by atoms with van der Waals surface area (Å²) in [6.07, 6.45) is -0.459. The highest BCUT2D eigenvalue weighted by Gasteiger charge is 2.29. The quantitative estimate of drug-likeness (QED) is 0.451. The van der Waals surface area contributed by atoms with Crippen molar-refractivity contribution < 1.29 is 41.4 Å². The number of benzene rings is 2. The number of hydrogen-bond donors (Lipinski definition) is 2. The Morgan fingerprint density at radius 3 is 2.35 bits per heavy atom. The second-order valence-electron chi connectivity index (χ2n) is 7.88. The molecule has 1 aromatic heterocycles. The van der Waals surface area contributed by atoms with Crippen molar-refractivity contribution in [3.63, 3.8) is 0 Å². The van der Waals surface area contributed by atoms with Crippen molar-refractivity contribution in [2.24, 2.45) is 0 Å². The Kier molecular flexibility index (Phi) is 7.76. The number of rotatable bonds is 8. The number of pyridine rings is 1. The zero-order chi connectivity index (χ0) is 26.6. The average Bonchev–Trinajstić information content (AvgIpc) is 2.89. The number of ether oxygens (including phenoxy) is 2. The molecule has 0 bridgehead atoms. The van der Waals surface area contributed by atoms with E-state index in [-0.39, 0.29) is 48.1 Å². The molecule has 2 aromatic carbocycles. The van der Waals surface area contributed by atoms with Crippen LogP contribution in [-0.2, 0) is 19.6 Å². The van der Waals surface area contributed by atoms with E-state index in [4.69, 9.17) is 14.6 Å². The molecule has 1 saturated heterocycles. The fourth-order valence-corrected chi connectivity index (χ4v) is 4.92. The van der Waals surface area contributed by atoms with Crippen LogP contribution in [0.1, 0.15) is 22.0 Å². The number of amides is 1. The van der Waals surface area contributed by atoms with Gasteiger partial charge in [-0.05, 0) is 36.4 Å². The second-order valence-corrected chi connectivity index (χ2v) is 9.82. The summed E-state index contributed by atoms with van der Waals surface area (Å²) in [5, 5.41) is 11.5. The molecule has 1 unspecified atom stereocenters. The van der Waals surface area contributed by atoms with Crippen LogP contribution in [0.15, 0.2) is 65.7 Å². The molecule has 1 atom stereocenters. The number of carboxylic acids is 1. The van der Waals surface area contributed by atoms with Crippen LogP contribution in [0.4, 0.5) is 14.6 Å². The summed E-state index contributed by atoms with van der Waals surface area (Å²) in [5.41, 5.74) is 0.0700. The largest absolute Gasteiger partial charge is 0.478 e. The van der Waals surface area contributed by atoms with Gasteiger partial charge in [0.25, 0.3) is 5.91 Å². The van der Waals surface area contributed by atoms with Crippen LogP contribution in [0.25, 0.3) is 0 Å². The molecule has 0 saturated carbocycles. The molecule has 37 heavy (non-hydrogen) atoms. The smallest absolute Gasteiger partial charge is 0.337 e. The molecule has 3 aromatic rings. The highest BCUT2D eigenvalue weighted by molar-refractivity contribution is 7.89. The lowest BCUT2D eigenvalue weighted by atomic mass is 10.1. The van der Waals surface area contributed by atoms with E-state index in [0.29, 0.717) is 6.07 Å². The van der Waals surface area contributed by atoms with Crippen molar-refractivity contribution >= 4 is 27.7 Å². The first-order valence-corrected chi connectivity index (χ1v) is 12.4. The number of nitrogens with one attached hydrogen (secondary N) is 1. The molecule has 0 radical (unpaired) electrons. The highest BCUT2D eigenvalue weighted by atomic mass is 32.2. The van der Waals surface area contributed by atoms with Crippen molar-refractivity contribution in [3.8, 4) is 5.75 Å². The summed E-state index contributed by atoms with van der Waals surface area (Å²) in [5.74, 6) is -4.33. The number of carbonyl (C=O) groups excluding carboxylic acids is 1. The normalized spacial score (nSPS) is 15.1. The number of nitrogens with zero attached hydrogens (tertiary/aromatic N) is 2. The number of carboxylic acid groups (broad SMARTS) is 1. The predicted molar refractivity (Wildman–Crippen MR) is 126 cm³/mol. The van der Waals surface area contributed by atoms with E-state index in [1.54, 1.807) is 0 Å². The molecule has 13 heteroatoms. The number of halogens is 2. The number of hydrogen-bond acceptors (Lipinski definition) is 7. The van der Waals surface area contributed by atoms with Crippen LogP contribution >= 0.6 is 0 Å². The fourth-order valence-electron chi connectivity index (χ4n) is 3.51. The summed E-state index contributed by atoms with van der Waals surface area (Å²) in [4.78, 5) is 28.0. The Morgan fingerprint density at radius 2 is 1.76 bits per heavy atom. The van der Waals surface area contributed by atoms with Gasteiger partial charge in [-0.25, -0.2) is 27.0 Å². The molecule has 1 fully saturated rings. The maximum Gasteiger partial charge on any atom is 0.337 e. The molecule has 10 nitrogen and oxygen atoms in total. The molecule has 0 spiro atoms. The first-order valence-electron chi connectivity index (χ1n) is 10.9. The van der Waals surface area contributed by atoms with Gasteiger partial charge in [-0.3, -0.25) is 4.79 Å². The van der Waals surface area contributed by atoms with Crippen LogP contribution in [0.2, 0.25) is 0 Å². The number of carbonyl (C=O) groups is 2. The Labute approximate surface area is 210 Å². The first kappa shape index (κ1) is 26.1. The molecule has 0 aliphatic carbocycles. The maximum absolute atomic E-state index is 14.3. The minimum atomic E-state index is -3.80. The van der Waals surface area contributed by atoms with Gasteiger partial charge < -0.3 is 19.9 Å². The standard InChI is InChI=1S/C24H21F2N3O7S/c25-17-4-7-20(19(26)13-17)36-22(23(30)28-21-8-3-16(14-27-21)24(31)32)15-1-5-18(6-2-15)37(33,34)29-9-11-35-12-10-29/h1-8,13-14,22H,9-12H2,(H,31,32)(H,27,28,30). The van der Waals surface area contributed by atoms with Gasteiger partial charge in [0, 0.05) is 30.9 Å². The van der Waals surface area contributed by atoms with Crippen LogP contribution in [0, 0.1) is 11.6 Å². The van der Waals surface area contributed by atoms with Crippen molar-refractivity contribution in [1.29, 1.82) is 0 Å². The van der Waals surface area contributed by atoms with Crippen molar-refractivity contribution in [2.45, 2.75) is 11.0 Å². The van der Waals surface area contributed by atoms with Gasteiger partial charge in [-0.2, -0.15) is 4.31 Å². The fraction of sp³-hybridized carbons (Fsp3) is 0.208. The lowest BCUT2D eigenvalue weighted by molar-refractivity contribution is -0.123. The van der Waals surface area contributed by atoms with Crippen LogP contribution < -0.4 is 10.1 Å². The zero-order valence-corrected chi connectivity index (χ0v) is 20.0. The Balaban J connectivity index is 1.62. The number of sulfonamides is 1. The van der Waals surface area contributed by atoms with Crippen LogP contribution in [-0.4, -0.2) is 61.0 Å². The minimum Gasteiger partial charge on any atom is -0.478 e. The topological polar surface area (TPSA) is 135 Å². The van der Waals surface area contributed by atoms with Crippen molar-refractivity contribution in [1.82, 2.24) is 9.29 Å². The van der Waals surface area contributed by atoms with E-state index in [2.05, 4.69) is 10.3 Å². The Hall–Kier alpha value is -3.94. The molecular weight excluding hydrogens is 512 g/mol. The van der Waals surface area contributed by atoms with E-state index in [1.165, 1.54) is 40.7 Å². The van der Waals surface area contributed by atoms with E-state index < -0.39 is 45.4 Å². The van der Waals surface area contributed by atoms with Gasteiger partial charge in [-0.1, -0.05) is 12.1 Å². The Bertz CT molecular complexity index is 1390. The van der Waals surface area contributed by atoms with Crippen LogP contribution in [0.5, 0.6) is 5.75 Å². The SMILES string of the molecule is O=C(O)c1ccc(NC(=O)C(Oc2ccc(F)cc2F)c2ccc(S(=O)(=O)N3CCOCC3)cc2)nc1. The molecule has 194 valence electrons. The van der Waals surface area contributed by atoms with E-state index in [0.717, 1.165) is 18.3 Å². The van der Waals surface area contributed by atoms with Gasteiger partial charge in [-0.15, -0.1) is 0 Å². The van der Waals surface area contributed by atoms with Gasteiger partial charge in [0.2, 0.25) is 16.1 Å². The summed E-state index contributed by atoms with van der Waals surface area (Å²) in [6, 6.07) is 10.3. The third kappa shape index (κ3) is 6.07. The lowest BCUT2D eigenvalue weighted by Crippen LogP contribution is -2.40. The number of aromatic carboxylic acids is 1. The van der Waals surface area contributed by atoms with Gasteiger partial charge in [0.05, 0.1) is 23.7 Å². The summed E-state index contributed by atoms with van der Waals surface area (Å²) in [7, 11) is -3.80. The molecule has 2 N–H and O–H groups in total. The highest BCUT2D eigenvalue weighted by Crippen LogP contribution is 2.28. The maximum atomic E-state index is 14.3. The molecule has 2 heterocycles. The number of aromatic nitrogens is 1. The molecular formula is C24H21F2N3O7S. The second kappa shape index (κ2) is 11.0. The number of morpholine rings is 1. The third-order valence-corrected chi connectivity index (χ3v) is 7.34. The number of anilines is 1. The summed E-state index contributed by atoms with van der Waals surface area (Å²) < 4.78 is 65.5. The predicted octanol–water partition coefficient (Wildman–Crippen LogP) is 2.84. The van der Waals surface area contributed by atoms with Crippen molar-refractivity contribution in [2.75, 3.05) is 31.6 Å². The van der Waals surface area contributed by atoms with Gasteiger partial charge >= 0.3 is 5.97 Å².